The minimum atomic E-state index is -0.101. The van der Waals surface area contributed by atoms with Crippen LogP contribution in [0.2, 0.25) is 0 Å². The minimum Gasteiger partial charge on any atom is -0.473 e. The van der Waals surface area contributed by atoms with E-state index in [4.69, 9.17) is 4.74 Å². The molecule has 8 nitrogen and oxygen atoms in total. The van der Waals surface area contributed by atoms with E-state index in [1.54, 1.807) is 12.5 Å². The van der Waals surface area contributed by atoms with Crippen LogP contribution in [0.25, 0.3) is 5.65 Å². The highest BCUT2D eigenvalue weighted by atomic mass is 32.1. The maximum atomic E-state index is 11.1. The summed E-state index contributed by atoms with van der Waals surface area (Å²) in [5.41, 5.74) is 0.827. The molecule has 0 spiro atoms. The van der Waals surface area contributed by atoms with Gasteiger partial charge in [-0.1, -0.05) is 0 Å². The maximum Gasteiger partial charge on any atom is 0.223 e. The zero-order valence-electron chi connectivity index (χ0n) is 14.6. The average Bonchev–Trinajstić information content (AvgIpc) is 3.29. The van der Waals surface area contributed by atoms with Gasteiger partial charge in [-0.25, -0.2) is 15.0 Å². The molecule has 2 atom stereocenters. The number of rotatable bonds is 5. The number of carbonyl (C=O) groups is 1. The molecule has 4 heterocycles. The topological polar surface area (TPSA) is 84.7 Å². The molecule has 1 fully saturated rings. The van der Waals surface area contributed by atoms with Gasteiger partial charge < -0.3 is 10.1 Å². The van der Waals surface area contributed by atoms with Crippen molar-refractivity contribution in [3.63, 3.8) is 0 Å². The lowest BCUT2D eigenvalue weighted by Gasteiger charge is -2.19. The van der Waals surface area contributed by atoms with Crippen LogP contribution in [-0.2, 0) is 11.3 Å². The van der Waals surface area contributed by atoms with Crippen LogP contribution in [-0.4, -0.2) is 48.9 Å². The molecule has 3 aromatic heterocycles. The van der Waals surface area contributed by atoms with E-state index < -0.39 is 0 Å². The fraction of sp³-hybridized carbons (Fsp3) is 0.412. The molecule has 0 saturated carbocycles. The first-order chi connectivity index (χ1) is 12.6. The molecular formula is C17H20N6O2S. The second kappa shape index (κ2) is 7.00. The van der Waals surface area contributed by atoms with E-state index in [0.717, 1.165) is 30.0 Å². The number of imidazole rings is 1. The summed E-state index contributed by atoms with van der Waals surface area (Å²) >= 11 is 1.51. The van der Waals surface area contributed by atoms with Gasteiger partial charge in [-0.15, -0.1) is 11.3 Å². The molecule has 136 valence electrons. The zero-order valence-corrected chi connectivity index (χ0v) is 15.4. The zero-order chi connectivity index (χ0) is 18.1. The molecular weight excluding hydrogens is 352 g/mol. The number of anilines is 1. The van der Waals surface area contributed by atoms with E-state index in [2.05, 4.69) is 32.1 Å². The Morgan fingerprint density at radius 3 is 3.15 bits per heavy atom. The van der Waals surface area contributed by atoms with Crippen LogP contribution in [0.5, 0.6) is 5.88 Å². The van der Waals surface area contributed by atoms with Crippen molar-refractivity contribution >= 4 is 28.0 Å². The summed E-state index contributed by atoms with van der Waals surface area (Å²) in [5, 5.41) is 3.37. The van der Waals surface area contributed by atoms with E-state index in [1.165, 1.54) is 18.3 Å². The quantitative estimate of drug-likeness (QED) is 0.739. The molecule has 0 aliphatic carbocycles. The summed E-state index contributed by atoms with van der Waals surface area (Å²) < 4.78 is 7.93. The van der Waals surface area contributed by atoms with Crippen LogP contribution in [0.15, 0.2) is 31.0 Å². The van der Waals surface area contributed by atoms with E-state index in [-0.39, 0.29) is 12.0 Å². The molecule has 1 saturated heterocycles. The average molecular weight is 372 g/mol. The Kier molecular flexibility index (Phi) is 4.56. The summed E-state index contributed by atoms with van der Waals surface area (Å²) in [6.45, 7) is 5.31. The minimum absolute atomic E-state index is 0.0950. The Labute approximate surface area is 154 Å². The lowest BCUT2D eigenvalue weighted by molar-refractivity contribution is -0.114. The third-order valence-electron chi connectivity index (χ3n) is 4.41. The summed E-state index contributed by atoms with van der Waals surface area (Å²) in [6.07, 6.45) is 8.18. The monoisotopic (exact) mass is 372 g/mol. The van der Waals surface area contributed by atoms with E-state index in [9.17, 15) is 4.79 Å². The second-order valence-corrected chi connectivity index (χ2v) is 7.60. The molecule has 26 heavy (non-hydrogen) atoms. The number of nitrogens with zero attached hydrogens (tertiary/aromatic N) is 5. The van der Waals surface area contributed by atoms with Crippen molar-refractivity contribution in [3.8, 4) is 5.88 Å². The molecule has 1 amide bonds. The van der Waals surface area contributed by atoms with Gasteiger partial charge in [-0.05, 0) is 6.92 Å². The SMILES string of the molecule is CC(=O)Nc1ncc(CN2C[C@H](Oc3cc4nccn4cn3)C[C@@H]2C)s1. The lowest BCUT2D eigenvalue weighted by atomic mass is 10.2. The Morgan fingerprint density at radius 2 is 2.31 bits per heavy atom. The fourth-order valence-electron chi connectivity index (χ4n) is 3.18. The van der Waals surface area contributed by atoms with E-state index >= 15 is 0 Å². The molecule has 4 rings (SSSR count). The Balaban J connectivity index is 1.37. The molecule has 1 aliphatic rings. The summed E-state index contributed by atoms with van der Waals surface area (Å²) in [4.78, 5) is 27.4. The van der Waals surface area contributed by atoms with Gasteiger partial charge in [0.1, 0.15) is 18.1 Å². The molecule has 9 heteroatoms. The number of carbonyl (C=O) groups excluding carboxylic acids is 1. The Hall–Kier alpha value is -2.52. The first kappa shape index (κ1) is 16.9. The van der Waals surface area contributed by atoms with Crippen LogP contribution >= 0.6 is 11.3 Å². The van der Waals surface area contributed by atoms with Crippen LogP contribution in [0, 0.1) is 0 Å². The van der Waals surface area contributed by atoms with Crippen molar-refractivity contribution in [1.29, 1.82) is 0 Å². The highest BCUT2D eigenvalue weighted by Gasteiger charge is 2.31. The van der Waals surface area contributed by atoms with Crippen LogP contribution in [0.4, 0.5) is 5.13 Å². The van der Waals surface area contributed by atoms with Gasteiger partial charge in [-0.3, -0.25) is 14.1 Å². The first-order valence-electron chi connectivity index (χ1n) is 8.48. The van der Waals surface area contributed by atoms with Crippen LogP contribution in [0.3, 0.4) is 0 Å². The van der Waals surface area contributed by atoms with Crippen molar-refractivity contribution in [3.05, 3.63) is 35.9 Å². The summed E-state index contributed by atoms with van der Waals surface area (Å²) in [7, 11) is 0. The molecule has 3 aromatic rings. The molecule has 1 N–H and O–H groups in total. The molecule has 0 radical (unpaired) electrons. The molecule has 0 aromatic carbocycles. The van der Waals surface area contributed by atoms with Crippen molar-refractivity contribution in [2.45, 2.75) is 39.0 Å². The molecule has 0 unspecified atom stereocenters. The maximum absolute atomic E-state index is 11.1. The van der Waals surface area contributed by atoms with Crippen molar-refractivity contribution < 1.29 is 9.53 Å². The number of likely N-dealkylation sites (tertiary alicyclic amines) is 1. The second-order valence-electron chi connectivity index (χ2n) is 6.49. The largest absolute Gasteiger partial charge is 0.473 e. The van der Waals surface area contributed by atoms with E-state index in [1.807, 2.05) is 22.9 Å². The van der Waals surface area contributed by atoms with E-state index in [0.29, 0.717) is 17.1 Å². The normalized spacial score (nSPS) is 20.5. The van der Waals surface area contributed by atoms with Gasteiger partial charge in [0.25, 0.3) is 0 Å². The number of nitrogens with one attached hydrogen (secondary N) is 1. The highest BCUT2D eigenvalue weighted by Crippen LogP contribution is 2.26. The third-order valence-corrected chi connectivity index (χ3v) is 5.31. The predicted octanol–water partition coefficient (Wildman–Crippen LogP) is 2.19. The smallest absolute Gasteiger partial charge is 0.223 e. The lowest BCUT2D eigenvalue weighted by Crippen LogP contribution is -2.27. The van der Waals surface area contributed by atoms with Gasteiger partial charge in [0.15, 0.2) is 5.13 Å². The standard InChI is InChI=1S/C17H20N6O2S/c1-11-5-13(25-16-6-15-18-3-4-22(15)10-20-16)8-23(11)9-14-7-19-17(26-14)21-12(2)24/h3-4,6-7,10-11,13H,5,8-9H2,1-2H3,(H,19,21,24)/t11-,13+/m0/s1. The summed E-state index contributed by atoms with van der Waals surface area (Å²) in [5.74, 6) is 0.504. The van der Waals surface area contributed by atoms with Crippen molar-refractivity contribution in [1.82, 2.24) is 24.3 Å². The van der Waals surface area contributed by atoms with Crippen molar-refractivity contribution in [2.24, 2.45) is 0 Å². The highest BCUT2D eigenvalue weighted by molar-refractivity contribution is 7.15. The van der Waals surface area contributed by atoms with Gasteiger partial charge in [0, 0.05) is 62.0 Å². The van der Waals surface area contributed by atoms with Gasteiger partial charge in [0.2, 0.25) is 11.8 Å². The van der Waals surface area contributed by atoms with Gasteiger partial charge in [0.05, 0.1) is 0 Å². The number of hydrogen-bond acceptors (Lipinski definition) is 7. The van der Waals surface area contributed by atoms with Gasteiger partial charge in [-0.2, -0.15) is 0 Å². The first-order valence-corrected chi connectivity index (χ1v) is 9.30. The van der Waals surface area contributed by atoms with Crippen LogP contribution in [0.1, 0.15) is 25.1 Å². The number of hydrogen-bond donors (Lipinski definition) is 1. The Morgan fingerprint density at radius 1 is 1.42 bits per heavy atom. The Bertz CT molecular complexity index is 923. The third kappa shape index (κ3) is 3.68. The molecule has 1 aliphatic heterocycles. The number of aromatic nitrogens is 4. The number of fused-ring (bicyclic) bond motifs is 1. The summed E-state index contributed by atoms with van der Waals surface area (Å²) in [6, 6.07) is 2.26. The van der Waals surface area contributed by atoms with Gasteiger partial charge >= 0.3 is 0 Å². The van der Waals surface area contributed by atoms with Crippen molar-refractivity contribution in [2.75, 3.05) is 11.9 Å². The number of thiazole rings is 1. The number of amides is 1. The fourth-order valence-corrected chi connectivity index (χ4v) is 4.06. The molecule has 0 bridgehead atoms. The van der Waals surface area contributed by atoms with Crippen LogP contribution < -0.4 is 10.1 Å². The number of ether oxygens (including phenoxy) is 1. The predicted molar refractivity (Wildman–Crippen MR) is 98.3 cm³/mol.